The van der Waals surface area contributed by atoms with Crippen molar-refractivity contribution in [2.24, 2.45) is 5.92 Å². The highest BCUT2D eigenvalue weighted by Crippen LogP contribution is 2.26. The Morgan fingerprint density at radius 3 is 2.67 bits per heavy atom. The fourth-order valence-corrected chi connectivity index (χ4v) is 2.73. The molecule has 0 spiro atoms. The molecule has 0 saturated heterocycles. The topological polar surface area (TPSA) is 42.0 Å². The van der Waals surface area contributed by atoms with Gasteiger partial charge < -0.3 is 5.32 Å². The molecule has 98 valence electrons. The van der Waals surface area contributed by atoms with Gasteiger partial charge in [-0.2, -0.15) is 0 Å². The number of pyridine rings is 1. The van der Waals surface area contributed by atoms with Gasteiger partial charge in [-0.15, -0.1) is 0 Å². The van der Waals surface area contributed by atoms with Crippen LogP contribution in [0.25, 0.3) is 0 Å². The molecular formula is C14H19BrN2O. The van der Waals surface area contributed by atoms with E-state index in [1.165, 1.54) is 19.3 Å². The van der Waals surface area contributed by atoms with Crippen molar-refractivity contribution in [3.05, 3.63) is 28.5 Å². The van der Waals surface area contributed by atoms with Crippen LogP contribution in [0.4, 0.5) is 0 Å². The van der Waals surface area contributed by atoms with Crippen molar-refractivity contribution in [3.63, 3.8) is 0 Å². The summed E-state index contributed by atoms with van der Waals surface area (Å²) in [7, 11) is 0. The lowest BCUT2D eigenvalue weighted by atomic mass is 9.84. The summed E-state index contributed by atoms with van der Waals surface area (Å²) in [5, 5.41) is 3.11. The number of carbonyl (C=O) groups excluding carboxylic acids is 1. The van der Waals surface area contributed by atoms with Crippen molar-refractivity contribution in [1.82, 2.24) is 10.3 Å². The van der Waals surface area contributed by atoms with Gasteiger partial charge in [-0.05, 0) is 59.7 Å². The molecular weight excluding hydrogens is 292 g/mol. The first-order valence-corrected chi connectivity index (χ1v) is 7.40. The Bertz CT molecular complexity index is 397. The fourth-order valence-electron chi connectivity index (χ4n) is 2.49. The second-order valence-corrected chi connectivity index (χ2v) is 5.78. The molecule has 2 rings (SSSR count). The summed E-state index contributed by atoms with van der Waals surface area (Å²) in [6, 6.07) is 3.93. The number of nitrogens with one attached hydrogen (secondary N) is 1. The van der Waals surface area contributed by atoms with Crippen LogP contribution in [-0.2, 0) is 0 Å². The maximum atomic E-state index is 12.0. The minimum absolute atomic E-state index is 0.00468. The van der Waals surface area contributed by atoms with Crippen LogP contribution in [0, 0.1) is 5.92 Å². The maximum absolute atomic E-state index is 12.0. The van der Waals surface area contributed by atoms with Gasteiger partial charge in [0.05, 0.1) is 5.56 Å². The van der Waals surface area contributed by atoms with Crippen molar-refractivity contribution < 1.29 is 4.79 Å². The highest BCUT2D eigenvalue weighted by molar-refractivity contribution is 9.10. The van der Waals surface area contributed by atoms with E-state index in [0.29, 0.717) is 11.6 Å². The van der Waals surface area contributed by atoms with Gasteiger partial charge in [0.15, 0.2) is 0 Å². The van der Waals surface area contributed by atoms with Crippen molar-refractivity contribution in [2.45, 2.75) is 45.1 Å². The van der Waals surface area contributed by atoms with E-state index in [1.807, 2.05) is 0 Å². The van der Waals surface area contributed by atoms with Crippen LogP contribution < -0.4 is 5.32 Å². The summed E-state index contributed by atoms with van der Waals surface area (Å²) >= 11 is 3.26. The van der Waals surface area contributed by atoms with Crippen LogP contribution in [0.2, 0.25) is 0 Å². The van der Waals surface area contributed by atoms with E-state index >= 15 is 0 Å². The van der Waals surface area contributed by atoms with Crippen molar-refractivity contribution in [1.29, 1.82) is 0 Å². The number of halogens is 1. The number of amides is 1. The molecule has 18 heavy (non-hydrogen) atoms. The Balaban J connectivity index is 1.86. The summed E-state index contributed by atoms with van der Waals surface area (Å²) in [5.41, 5.74) is 0.635. The average Bonchev–Trinajstić information content (AvgIpc) is 2.40. The smallest absolute Gasteiger partial charge is 0.253 e. The molecule has 0 aliphatic heterocycles. The number of carbonyl (C=O) groups is 1. The first-order valence-electron chi connectivity index (χ1n) is 6.61. The van der Waals surface area contributed by atoms with Crippen molar-refractivity contribution in [3.8, 4) is 0 Å². The highest BCUT2D eigenvalue weighted by atomic mass is 79.9. The van der Waals surface area contributed by atoms with E-state index in [-0.39, 0.29) is 5.91 Å². The highest BCUT2D eigenvalue weighted by Gasteiger charge is 2.21. The number of nitrogens with zero attached hydrogens (tertiary/aromatic N) is 1. The minimum Gasteiger partial charge on any atom is -0.349 e. The van der Waals surface area contributed by atoms with E-state index < -0.39 is 0 Å². The van der Waals surface area contributed by atoms with Crippen molar-refractivity contribution >= 4 is 21.8 Å². The summed E-state index contributed by atoms with van der Waals surface area (Å²) in [4.78, 5) is 16.1. The van der Waals surface area contributed by atoms with Crippen LogP contribution in [0.15, 0.2) is 22.9 Å². The Kier molecular flexibility index (Phi) is 4.75. The fraction of sp³-hybridized carbons (Fsp3) is 0.571. The third kappa shape index (κ3) is 3.55. The third-order valence-corrected chi connectivity index (χ3v) is 4.22. The van der Waals surface area contributed by atoms with Gasteiger partial charge in [-0.25, -0.2) is 4.98 Å². The summed E-state index contributed by atoms with van der Waals surface area (Å²) < 4.78 is 0.752. The molecule has 0 bridgehead atoms. The first kappa shape index (κ1) is 13.5. The molecule has 0 unspecified atom stereocenters. The third-order valence-electron chi connectivity index (χ3n) is 3.75. The quantitative estimate of drug-likeness (QED) is 0.868. The molecule has 1 aromatic heterocycles. The molecule has 0 aromatic carbocycles. The second-order valence-electron chi connectivity index (χ2n) is 4.97. The van der Waals surface area contributed by atoms with E-state index in [1.54, 1.807) is 18.3 Å². The molecule has 0 atom stereocenters. The molecule has 1 amide bonds. The molecule has 1 aliphatic rings. The minimum atomic E-state index is -0.00468. The molecule has 1 aliphatic carbocycles. The van der Waals surface area contributed by atoms with Crippen LogP contribution in [0.3, 0.4) is 0 Å². The van der Waals surface area contributed by atoms with Gasteiger partial charge in [-0.1, -0.05) is 13.3 Å². The second kappa shape index (κ2) is 6.32. The predicted molar refractivity (Wildman–Crippen MR) is 75.4 cm³/mol. The van der Waals surface area contributed by atoms with Gasteiger partial charge in [0.25, 0.3) is 5.91 Å². The summed E-state index contributed by atoms with van der Waals surface area (Å²) in [6.07, 6.45) is 7.55. The first-order chi connectivity index (χ1) is 8.69. The van der Waals surface area contributed by atoms with E-state index in [4.69, 9.17) is 0 Å². The van der Waals surface area contributed by atoms with Gasteiger partial charge in [0, 0.05) is 12.2 Å². The van der Waals surface area contributed by atoms with E-state index in [0.717, 1.165) is 23.4 Å². The van der Waals surface area contributed by atoms with Gasteiger partial charge >= 0.3 is 0 Å². The van der Waals surface area contributed by atoms with Gasteiger partial charge in [0.2, 0.25) is 0 Å². The largest absolute Gasteiger partial charge is 0.349 e. The number of rotatable bonds is 3. The molecule has 4 heteroatoms. The lowest BCUT2D eigenvalue weighted by Gasteiger charge is -2.28. The molecule has 1 N–H and O–H groups in total. The Morgan fingerprint density at radius 1 is 1.39 bits per heavy atom. The predicted octanol–water partition coefficient (Wildman–Crippen LogP) is 3.54. The average molecular weight is 311 g/mol. The van der Waals surface area contributed by atoms with E-state index in [2.05, 4.69) is 33.2 Å². The van der Waals surface area contributed by atoms with Crippen LogP contribution in [0.5, 0.6) is 0 Å². The molecule has 1 fully saturated rings. The molecule has 1 saturated carbocycles. The monoisotopic (exact) mass is 310 g/mol. The molecule has 1 heterocycles. The Morgan fingerprint density at radius 2 is 2.11 bits per heavy atom. The Labute approximate surface area is 117 Å². The zero-order valence-electron chi connectivity index (χ0n) is 10.7. The van der Waals surface area contributed by atoms with Crippen LogP contribution >= 0.6 is 15.9 Å². The molecule has 0 radical (unpaired) electrons. The Hall–Kier alpha value is -0.900. The van der Waals surface area contributed by atoms with Crippen molar-refractivity contribution in [2.75, 3.05) is 0 Å². The SMILES string of the molecule is CCC1CCC(NC(=O)c2ccc(Br)nc2)CC1. The van der Waals surface area contributed by atoms with Crippen LogP contribution in [0.1, 0.15) is 49.4 Å². The normalized spacial score (nSPS) is 23.7. The zero-order valence-corrected chi connectivity index (χ0v) is 12.2. The van der Waals surface area contributed by atoms with E-state index in [9.17, 15) is 4.79 Å². The summed E-state index contributed by atoms with van der Waals surface area (Å²) in [5.74, 6) is 0.849. The lowest BCUT2D eigenvalue weighted by Crippen LogP contribution is -2.37. The number of hydrogen-bond donors (Lipinski definition) is 1. The molecule has 1 aromatic rings. The number of hydrogen-bond acceptors (Lipinski definition) is 2. The number of aromatic nitrogens is 1. The maximum Gasteiger partial charge on any atom is 0.253 e. The standard InChI is InChI=1S/C14H19BrN2O/c1-2-10-3-6-12(7-4-10)17-14(18)11-5-8-13(15)16-9-11/h5,8-10,12H,2-4,6-7H2,1H3,(H,17,18). The zero-order chi connectivity index (χ0) is 13.0. The lowest BCUT2D eigenvalue weighted by molar-refractivity contribution is 0.0921. The molecule has 3 nitrogen and oxygen atoms in total. The van der Waals surface area contributed by atoms with Crippen LogP contribution in [-0.4, -0.2) is 16.9 Å². The van der Waals surface area contributed by atoms with Gasteiger partial charge in [-0.3, -0.25) is 4.79 Å². The van der Waals surface area contributed by atoms with Gasteiger partial charge in [0.1, 0.15) is 4.60 Å². The summed E-state index contributed by atoms with van der Waals surface area (Å²) in [6.45, 7) is 2.25.